The molecule has 1 fully saturated rings. The molecule has 3 heterocycles. The highest BCUT2D eigenvalue weighted by Gasteiger charge is 2.42. The van der Waals surface area contributed by atoms with E-state index in [-0.39, 0.29) is 23.8 Å². The largest absolute Gasteiger partial charge is 0.322 e. The fourth-order valence-corrected chi connectivity index (χ4v) is 4.52. The number of benzene rings is 2. The summed E-state index contributed by atoms with van der Waals surface area (Å²) < 4.78 is 1.35. The van der Waals surface area contributed by atoms with Crippen molar-refractivity contribution < 1.29 is 9.59 Å². The molecule has 8 heteroatoms. The Kier molecular flexibility index (Phi) is 5.42. The number of imide groups is 1. The summed E-state index contributed by atoms with van der Waals surface area (Å²) in [6.07, 6.45) is 1.99. The van der Waals surface area contributed by atoms with Crippen LogP contribution < -0.4 is 5.56 Å². The van der Waals surface area contributed by atoms with Gasteiger partial charge in [-0.15, -0.1) is 0 Å². The van der Waals surface area contributed by atoms with Gasteiger partial charge < -0.3 is 4.98 Å². The zero-order valence-corrected chi connectivity index (χ0v) is 18.4. The molecule has 2 aromatic carbocycles. The first-order chi connectivity index (χ1) is 16.1. The highest BCUT2D eigenvalue weighted by atomic mass is 16.2. The quantitative estimate of drug-likeness (QED) is 0.428. The van der Waals surface area contributed by atoms with E-state index in [4.69, 9.17) is 0 Å². The molecule has 5 rings (SSSR count). The molecular formula is C25H25N5O3. The normalized spacial score (nSPS) is 16.3. The first kappa shape index (κ1) is 20.9. The Morgan fingerprint density at radius 2 is 1.76 bits per heavy atom. The van der Waals surface area contributed by atoms with Crippen LogP contribution >= 0.6 is 0 Å². The number of aromatic amines is 2. The molecule has 4 aromatic rings. The summed E-state index contributed by atoms with van der Waals surface area (Å²) in [5, 5.41) is 3.14. The molecule has 0 saturated carbocycles. The van der Waals surface area contributed by atoms with Gasteiger partial charge in [-0.05, 0) is 30.5 Å². The second-order valence-corrected chi connectivity index (χ2v) is 8.35. The van der Waals surface area contributed by atoms with Crippen LogP contribution in [0.5, 0.6) is 0 Å². The van der Waals surface area contributed by atoms with Crippen LogP contribution in [-0.2, 0) is 22.4 Å². The Morgan fingerprint density at radius 1 is 1.00 bits per heavy atom. The Morgan fingerprint density at radius 3 is 2.52 bits per heavy atom. The van der Waals surface area contributed by atoms with Gasteiger partial charge in [-0.1, -0.05) is 55.8 Å². The van der Waals surface area contributed by atoms with Crippen molar-refractivity contribution in [3.8, 4) is 5.95 Å². The highest BCUT2D eigenvalue weighted by molar-refractivity contribution is 6.06. The third-order valence-electron chi connectivity index (χ3n) is 6.15. The van der Waals surface area contributed by atoms with Crippen molar-refractivity contribution in [2.75, 3.05) is 6.54 Å². The van der Waals surface area contributed by atoms with E-state index in [1.54, 1.807) is 0 Å². The Balaban J connectivity index is 1.47. The van der Waals surface area contributed by atoms with Crippen LogP contribution in [0.2, 0.25) is 0 Å². The molecule has 0 unspecified atom stereocenters. The number of nitrogens with one attached hydrogen (secondary N) is 2. The monoisotopic (exact) mass is 443 g/mol. The predicted octanol–water partition coefficient (Wildman–Crippen LogP) is 3.08. The number of hydrogen-bond donors (Lipinski definition) is 2. The van der Waals surface area contributed by atoms with Gasteiger partial charge in [0.1, 0.15) is 0 Å². The number of hydrogen-bond acceptors (Lipinski definition) is 4. The number of amides is 2. The Labute approximate surface area is 190 Å². The lowest BCUT2D eigenvalue weighted by molar-refractivity contribution is -0.138. The first-order valence-corrected chi connectivity index (χ1v) is 11.2. The van der Waals surface area contributed by atoms with E-state index < -0.39 is 5.92 Å². The maximum Gasteiger partial charge on any atom is 0.278 e. The second kappa shape index (κ2) is 8.54. The van der Waals surface area contributed by atoms with Gasteiger partial charge in [0.2, 0.25) is 17.8 Å². The molecule has 0 bridgehead atoms. The molecule has 1 aliphatic heterocycles. The van der Waals surface area contributed by atoms with Gasteiger partial charge in [0, 0.05) is 18.7 Å². The molecule has 0 aliphatic carbocycles. The van der Waals surface area contributed by atoms with Gasteiger partial charge >= 0.3 is 0 Å². The number of aromatic nitrogens is 4. The molecule has 2 aromatic heterocycles. The standard InChI is InChI=1S/C25H25N5O3/c1-2-8-20-22(24(33)30(28-20)25-26-18-11-6-7-12-19(18)27-25)17-15-21(31)29(23(17)32)14-13-16-9-4-3-5-10-16/h3-7,9-12,17,28H,2,8,13-15H2,1H3,(H,26,27)/t17-/m1/s1. The molecule has 33 heavy (non-hydrogen) atoms. The Bertz CT molecular complexity index is 1350. The molecule has 2 amide bonds. The van der Waals surface area contributed by atoms with Crippen LogP contribution in [0.1, 0.15) is 42.5 Å². The summed E-state index contributed by atoms with van der Waals surface area (Å²) in [5.74, 6) is -0.952. The third kappa shape index (κ3) is 3.77. The minimum Gasteiger partial charge on any atom is -0.322 e. The number of rotatable bonds is 7. The smallest absolute Gasteiger partial charge is 0.278 e. The van der Waals surface area contributed by atoms with E-state index >= 15 is 0 Å². The van der Waals surface area contributed by atoms with E-state index in [1.807, 2.05) is 61.5 Å². The number of nitrogens with zero attached hydrogens (tertiary/aromatic N) is 3. The average molecular weight is 444 g/mol. The number of carbonyl (C=O) groups excluding carboxylic acids is 2. The van der Waals surface area contributed by atoms with Crippen molar-refractivity contribution in [1.29, 1.82) is 0 Å². The maximum absolute atomic E-state index is 13.5. The van der Waals surface area contributed by atoms with Crippen molar-refractivity contribution in [2.45, 2.75) is 38.5 Å². The number of carbonyl (C=O) groups is 2. The van der Waals surface area contributed by atoms with Gasteiger partial charge in [0.15, 0.2) is 0 Å². The molecule has 168 valence electrons. The predicted molar refractivity (Wildman–Crippen MR) is 124 cm³/mol. The van der Waals surface area contributed by atoms with Crippen LogP contribution in [0.3, 0.4) is 0 Å². The van der Waals surface area contributed by atoms with E-state index in [0.29, 0.717) is 36.6 Å². The van der Waals surface area contributed by atoms with Gasteiger partial charge in [0.05, 0.1) is 22.5 Å². The molecule has 2 N–H and O–H groups in total. The average Bonchev–Trinajstić information content (AvgIpc) is 3.47. The lowest BCUT2D eigenvalue weighted by atomic mass is 9.96. The lowest BCUT2D eigenvalue weighted by Crippen LogP contribution is -2.33. The lowest BCUT2D eigenvalue weighted by Gasteiger charge is -2.15. The molecule has 0 spiro atoms. The highest BCUT2D eigenvalue weighted by Crippen LogP contribution is 2.30. The second-order valence-electron chi connectivity index (χ2n) is 8.35. The van der Waals surface area contributed by atoms with Crippen molar-refractivity contribution in [3.05, 3.63) is 81.8 Å². The number of aryl methyl sites for hydroxylation is 1. The third-order valence-corrected chi connectivity index (χ3v) is 6.15. The van der Waals surface area contributed by atoms with Crippen molar-refractivity contribution in [3.63, 3.8) is 0 Å². The van der Waals surface area contributed by atoms with E-state index in [1.165, 1.54) is 9.58 Å². The zero-order valence-electron chi connectivity index (χ0n) is 18.4. The number of para-hydroxylation sites is 2. The van der Waals surface area contributed by atoms with Gasteiger partial charge in [-0.3, -0.25) is 24.4 Å². The fraction of sp³-hybridized carbons (Fsp3) is 0.280. The van der Waals surface area contributed by atoms with Gasteiger partial charge in [-0.25, -0.2) is 4.98 Å². The van der Waals surface area contributed by atoms with E-state index in [0.717, 1.165) is 23.0 Å². The molecule has 0 radical (unpaired) electrons. The summed E-state index contributed by atoms with van der Waals surface area (Å²) in [5.41, 5.74) is 3.33. The fourth-order valence-electron chi connectivity index (χ4n) is 4.52. The number of likely N-dealkylation sites (tertiary alicyclic amines) is 1. The minimum absolute atomic E-state index is 0.0115. The molecule has 1 saturated heterocycles. The summed E-state index contributed by atoms with van der Waals surface area (Å²) in [7, 11) is 0. The zero-order chi connectivity index (χ0) is 22.9. The SMILES string of the molecule is CCCc1[nH]n(-c2nc3ccccc3[nH]2)c(=O)c1[C@H]1CC(=O)N(CCc2ccccc2)C1=O. The molecule has 8 nitrogen and oxygen atoms in total. The summed E-state index contributed by atoms with van der Waals surface area (Å²) >= 11 is 0. The van der Waals surface area contributed by atoms with Crippen molar-refractivity contribution >= 4 is 22.8 Å². The van der Waals surface area contributed by atoms with Crippen LogP contribution in [0, 0.1) is 0 Å². The molecular weight excluding hydrogens is 418 g/mol. The molecule has 1 aliphatic rings. The van der Waals surface area contributed by atoms with Crippen LogP contribution in [0.25, 0.3) is 17.0 Å². The van der Waals surface area contributed by atoms with E-state index in [2.05, 4.69) is 15.1 Å². The first-order valence-electron chi connectivity index (χ1n) is 11.2. The van der Waals surface area contributed by atoms with Crippen LogP contribution in [-0.4, -0.2) is 43.0 Å². The van der Waals surface area contributed by atoms with Gasteiger partial charge in [-0.2, -0.15) is 4.68 Å². The number of imidazole rings is 1. The summed E-state index contributed by atoms with van der Waals surface area (Å²) in [4.78, 5) is 48.4. The number of fused-ring (bicyclic) bond motifs is 1. The molecule has 1 atom stereocenters. The van der Waals surface area contributed by atoms with E-state index in [9.17, 15) is 14.4 Å². The summed E-state index contributed by atoms with van der Waals surface area (Å²) in [6.45, 7) is 2.32. The van der Waals surface area contributed by atoms with Crippen molar-refractivity contribution in [2.24, 2.45) is 0 Å². The topological polar surface area (TPSA) is 104 Å². The van der Waals surface area contributed by atoms with Crippen LogP contribution in [0.4, 0.5) is 0 Å². The Hall–Kier alpha value is -3.94. The van der Waals surface area contributed by atoms with Gasteiger partial charge in [0.25, 0.3) is 5.56 Å². The summed E-state index contributed by atoms with van der Waals surface area (Å²) in [6, 6.07) is 17.3. The maximum atomic E-state index is 13.5. The number of H-pyrrole nitrogens is 2. The minimum atomic E-state index is -0.774. The van der Waals surface area contributed by atoms with Crippen LogP contribution in [0.15, 0.2) is 59.4 Å². The van der Waals surface area contributed by atoms with Crippen molar-refractivity contribution in [1.82, 2.24) is 24.6 Å².